The number of rotatable bonds is 4. The van der Waals surface area contributed by atoms with Gasteiger partial charge >= 0.3 is 12.3 Å². The van der Waals surface area contributed by atoms with E-state index in [1.165, 1.54) is 12.1 Å². The topological polar surface area (TPSA) is 104 Å². The van der Waals surface area contributed by atoms with Crippen LogP contribution in [0, 0.1) is 5.92 Å². The minimum absolute atomic E-state index is 0.132. The summed E-state index contributed by atoms with van der Waals surface area (Å²) in [6.07, 6.45) is -2.80. The molecule has 1 amide bonds. The van der Waals surface area contributed by atoms with Gasteiger partial charge in [-0.05, 0) is 30.5 Å². The molecule has 1 saturated heterocycles. The van der Waals surface area contributed by atoms with E-state index >= 15 is 0 Å². The molecule has 11 heteroatoms. The van der Waals surface area contributed by atoms with E-state index in [4.69, 9.17) is 5.11 Å². The maximum absolute atomic E-state index is 12.3. The number of nitrogens with one attached hydrogen (secondary N) is 1. The van der Waals surface area contributed by atoms with Crippen molar-refractivity contribution in [3.63, 3.8) is 0 Å². The van der Waals surface area contributed by atoms with Crippen molar-refractivity contribution in [2.75, 3.05) is 13.1 Å². The summed E-state index contributed by atoms with van der Waals surface area (Å²) in [4.78, 5) is 25.2. The number of carboxylic acids is 1. The van der Waals surface area contributed by atoms with Gasteiger partial charge in [0.05, 0.1) is 12.3 Å². The number of benzene rings is 1. The first kappa shape index (κ1) is 21.6. The lowest BCUT2D eigenvalue weighted by molar-refractivity contribution is -0.274. The number of amides is 1. The van der Waals surface area contributed by atoms with Crippen LogP contribution in [0.5, 0.6) is 5.75 Å². The smallest absolute Gasteiger partial charge is 0.481 e. The molecule has 0 aromatic heterocycles. The minimum Gasteiger partial charge on any atom is -0.481 e. The van der Waals surface area contributed by atoms with Crippen LogP contribution in [0.25, 0.3) is 0 Å². The molecule has 1 aromatic carbocycles. The molecule has 0 atom stereocenters. The Bertz CT molecular complexity index is 862. The van der Waals surface area contributed by atoms with Crippen LogP contribution in [0.3, 0.4) is 0 Å². The van der Waals surface area contributed by atoms with E-state index in [0.717, 1.165) is 18.0 Å². The third-order valence-electron chi connectivity index (χ3n) is 4.86. The molecule has 8 nitrogen and oxygen atoms in total. The van der Waals surface area contributed by atoms with Crippen molar-refractivity contribution in [1.29, 1.82) is 0 Å². The van der Waals surface area contributed by atoms with E-state index in [1.807, 2.05) is 4.90 Å². The number of carboxylic acid groups (broad SMARTS) is 1. The molecule has 3 rings (SSSR count). The summed E-state index contributed by atoms with van der Waals surface area (Å²) in [6.45, 7) is 1.20. The van der Waals surface area contributed by atoms with Gasteiger partial charge in [0.15, 0.2) is 0 Å². The second kappa shape index (κ2) is 9.14. The molecule has 0 saturated carbocycles. The molecule has 30 heavy (non-hydrogen) atoms. The molecule has 2 aliphatic heterocycles. The summed E-state index contributed by atoms with van der Waals surface area (Å²) >= 11 is 0. The zero-order chi connectivity index (χ0) is 21.7. The summed E-state index contributed by atoms with van der Waals surface area (Å²) in [6, 6.07) is 5.23. The molecule has 1 fully saturated rings. The number of carbonyl (C=O) groups is 2. The highest BCUT2D eigenvalue weighted by atomic mass is 19.4. The van der Waals surface area contributed by atoms with Crippen molar-refractivity contribution >= 4 is 23.5 Å². The van der Waals surface area contributed by atoms with Crippen LogP contribution in [0.4, 0.5) is 13.2 Å². The molecular weight excluding hydrogens is 405 g/mol. The van der Waals surface area contributed by atoms with Crippen molar-refractivity contribution in [2.45, 2.75) is 38.5 Å². The second-order valence-electron chi connectivity index (χ2n) is 7.08. The number of piperidine rings is 1. The number of carbonyl (C=O) groups excluding carboxylic acids is 1. The zero-order valence-electron chi connectivity index (χ0n) is 16.0. The Morgan fingerprint density at radius 3 is 2.53 bits per heavy atom. The van der Waals surface area contributed by atoms with Gasteiger partial charge in [0, 0.05) is 25.9 Å². The summed E-state index contributed by atoms with van der Waals surface area (Å²) < 4.78 is 40.8. The number of hydrogen-bond acceptors (Lipinski definition) is 6. The minimum atomic E-state index is -4.80. The molecule has 0 unspecified atom stereocenters. The molecule has 0 spiro atoms. The number of alkyl halides is 3. The van der Waals surface area contributed by atoms with Crippen molar-refractivity contribution in [3.05, 3.63) is 29.8 Å². The first-order valence-corrected chi connectivity index (χ1v) is 9.45. The van der Waals surface area contributed by atoms with Gasteiger partial charge in [-0.15, -0.1) is 23.4 Å². The van der Waals surface area contributed by atoms with Gasteiger partial charge in [0.2, 0.25) is 5.91 Å². The number of nitrogens with zero attached hydrogens (tertiary/aromatic N) is 3. The Morgan fingerprint density at radius 1 is 1.20 bits per heavy atom. The van der Waals surface area contributed by atoms with Gasteiger partial charge in [0.25, 0.3) is 0 Å². The van der Waals surface area contributed by atoms with Gasteiger partial charge in [0.1, 0.15) is 17.4 Å². The Morgan fingerprint density at radius 2 is 1.93 bits per heavy atom. The van der Waals surface area contributed by atoms with Crippen LogP contribution in [-0.2, 0) is 16.0 Å². The average molecular weight is 426 g/mol. The van der Waals surface area contributed by atoms with Crippen molar-refractivity contribution in [1.82, 2.24) is 10.2 Å². The molecule has 2 aliphatic rings. The fraction of sp³-hybridized carbons (Fsp3) is 0.474. The predicted molar refractivity (Wildman–Crippen MR) is 101 cm³/mol. The van der Waals surface area contributed by atoms with Gasteiger partial charge in [-0.25, -0.2) is 0 Å². The lowest BCUT2D eigenvalue weighted by atomic mass is 9.97. The first-order valence-electron chi connectivity index (χ1n) is 9.45. The summed E-state index contributed by atoms with van der Waals surface area (Å²) in [5, 5.41) is 19.9. The normalized spacial score (nSPS) is 17.8. The molecule has 2 N–H and O–H groups in total. The van der Waals surface area contributed by atoms with Crippen molar-refractivity contribution < 1.29 is 32.6 Å². The predicted octanol–water partition coefficient (Wildman–Crippen LogP) is 2.55. The number of ether oxygens (including phenoxy) is 1. The fourth-order valence-electron chi connectivity index (χ4n) is 3.38. The largest absolute Gasteiger partial charge is 0.573 e. The number of halogens is 3. The Hall–Kier alpha value is -3.11. The lowest BCUT2D eigenvalue weighted by Gasteiger charge is -2.33. The van der Waals surface area contributed by atoms with E-state index in [2.05, 4.69) is 20.3 Å². The Balaban J connectivity index is 1.52. The molecule has 0 radical (unpaired) electrons. The molecular formula is C19H21F3N4O4. The molecule has 0 aliphatic carbocycles. The monoisotopic (exact) mass is 426 g/mol. The second-order valence-corrected chi connectivity index (χ2v) is 7.08. The van der Waals surface area contributed by atoms with Crippen molar-refractivity contribution in [3.8, 4) is 5.75 Å². The van der Waals surface area contributed by atoms with Gasteiger partial charge in [-0.1, -0.05) is 12.1 Å². The number of hydrogen-bond donors (Lipinski definition) is 2. The van der Waals surface area contributed by atoms with Gasteiger partial charge < -0.3 is 20.1 Å². The van der Waals surface area contributed by atoms with E-state index in [0.29, 0.717) is 50.2 Å². The lowest BCUT2D eigenvalue weighted by Crippen LogP contribution is -2.42. The highest BCUT2D eigenvalue weighted by molar-refractivity contribution is 6.01. The van der Waals surface area contributed by atoms with E-state index in [9.17, 15) is 22.8 Å². The average Bonchev–Trinajstić information content (AvgIpc) is 2.67. The summed E-state index contributed by atoms with van der Waals surface area (Å²) in [5.74, 6) is -0.772. The number of aliphatic carboxylic acids is 1. The maximum atomic E-state index is 12.3. The molecule has 1 aromatic rings. The van der Waals surface area contributed by atoms with Crippen LogP contribution in [0.15, 0.2) is 34.5 Å². The Kier molecular flexibility index (Phi) is 6.58. The quantitative estimate of drug-likeness (QED) is 0.770. The van der Waals surface area contributed by atoms with E-state index < -0.39 is 18.2 Å². The van der Waals surface area contributed by atoms with E-state index in [1.54, 1.807) is 0 Å². The first-order chi connectivity index (χ1) is 14.2. The number of amidine groups is 2. The van der Waals surface area contributed by atoms with Crippen molar-refractivity contribution in [2.24, 2.45) is 16.1 Å². The third kappa shape index (κ3) is 6.19. The zero-order valence-corrected chi connectivity index (χ0v) is 16.0. The van der Waals surface area contributed by atoms with Crippen LogP contribution in [0.2, 0.25) is 0 Å². The van der Waals surface area contributed by atoms with Crippen LogP contribution < -0.4 is 10.1 Å². The van der Waals surface area contributed by atoms with Crippen LogP contribution in [0.1, 0.15) is 31.2 Å². The molecule has 162 valence electrons. The van der Waals surface area contributed by atoms with E-state index in [-0.39, 0.29) is 18.1 Å². The summed E-state index contributed by atoms with van der Waals surface area (Å²) in [7, 11) is 0. The van der Waals surface area contributed by atoms with Gasteiger partial charge in [-0.3, -0.25) is 9.59 Å². The number of likely N-dealkylation sites (tertiary alicyclic amines) is 1. The highest BCUT2D eigenvalue weighted by Crippen LogP contribution is 2.23. The SMILES string of the molecule is O=C(Cc1cccc(OC(F)(F)F)c1)NC1=NN=C(N2CCC(C(=O)O)CC2)CC1. The van der Waals surface area contributed by atoms with Crippen LogP contribution in [-0.4, -0.2) is 53.0 Å². The Labute approximate surface area is 170 Å². The van der Waals surface area contributed by atoms with Crippen LogP contribution >= 0.6 is 0 Å². The fourth-order valence-corrected chi connectivity index (χ4v) is 3.38. The maximum Gasteiger partial charge on any atom is 0.573 e. The standard InChI is InChI=1S/C19H21F3N4O4/c20-19(21,22)30-14-3-1-2-12(10-14)11-17(27)23-15-4-5-16(25-24-15)26-8-6-13(7-9-26)18(28)29/h1-3,10,13H,4-9,11H2,(H,28,29)(H,23,24,27). The molecule has 2 heterocycles. The third-order valence-corrected chi connectivity index (χ3v) is 4.86. The van der Waals surface area contributed by atoms with Gasteiger partial charge in [-0.2, -0.15) is 0 Å². The molecule has 0 bridgehead atoms. The highest BCUT2D eigenvalue weighted by Gasteiger charge is 2.31. The summed E-state index contributed by atoms with van der Waals surface area (Å²) in [5.41, 5.74) is 0.371.